The molecular weight excluding hydrogens is 403 g/mol. The lowest BCUT2D eigenvalue weighted by atomic mass is 9.97. The number of halogens is 3. The molecule has 1 aromatic heterocycles. The largest absolute Gasteiger partial charge is 0.332 e. The van der Waals surface area contributed by atoms with Gasteiger partial charge < -0.3 is 9.47 Å². The highest BCUT2D eigenvalue weighted by atomic mass is 19.1. The van der Waals surface area contributed by atoms with Gasteiger partial charge in [0, 0.05) is 29.9 Å². The lowest BCUT2D eigenvalue weighted by molar-refractivity contribution is -0.130. The molecule has 7 heteroatoms. The number of benzene rings is 2. The van der Waals surface area contributed by atoms with Crippen LogP contribution in [-0.4, -0.2) is 26.9 Å². The topological polar surface area (TPSA) is 38.1 Å². The summed E-state index contributed by atoms with van der Waals surface area (Å²) < 4.78 is 43.7. The SMILES string of the molecule is Cc1cn(-c2ccc(/C=C3\CCCN([C@@H](C)c4ccc(F)cc4F)C3=O)cc2F)cn1. The number of hydrogen-bond donors (Lipinski definition) is 0. The third-order valence-electron chi connectivity index (χ3n) is 5.56. The van der Waals surface area contributed by atoms with E-state index >= 15 is 0 Å². The Kier molecular flexibility index (Phi) is 5.67. The van der Waals surface area contributed by atoms with Crippen LogP contribution in [0.15, 0.2) is 54.5 Å². The highest BCUT2D eigenvalue weighted by Gasteiger charge is 2.29. The summed E-state index contributed by atoms with van der Waals surface area (Å²) in [6.07, 6.45) is 6.21. The molecule has 160 valence electrons. The molecule has 1 atom stereocenters. The lowest BCUT2D eigenvalue weighted by Crippen LogP contribution is -2.39. The highest BCUT2D eigenvalue weighted by Crippen LogP contribution is 2.30. The number of carbonyl (C=O) groups excluding carboxylic acids is 1. The van der Waals surface area contributed by atoms with Gasteiger partial charge in [-0.3, -0.25) is 4.79 Å². The van der Waals surface area contributed by atoms with Gasteiger partial charge in [-0.05, 0) is 56.5 Å². The van der Waals surface area contributed by atoms with Crippen LogP contribution in [0.1, 0.15) is 42.6 Å². The third-order valence-corrected chi connectivity index (χ3v) is 5.56. The molecule has 4 rings (SSSR count). The summed E-state index contributed by atoms with van der Waals surface area (Å²) >= 11 is 0. The van der Waals surface area contributed by atoms with E-state index in [0.29, 0.717) is 36.2 Å². The second kappa shape index (κ2) is 8.41. The molecule has 3 aromatic rings. The van der Waals surface area contributed by atoms with Gasteiger partial charge in [0.25, 0.3) is 0 Å². The third kappa shape index (κ3) is 4.26. The number of aryl methyl sites for hydroxylation is 1. The first-order chi connectivity index (χ1) is 14.8. The lowest BCUT2D eigenvalue weighted by Gasteiger charge is -2.34. The Labute approximate surface area is 178 Å². The first kappa shape index (κ1) is 20.9. The van der Waals surface area contributed by atoms with Gasteiger partial charge in [-0.2, -0.15) is 0 Å². The first-order valence-electron chi connectivity index (χ1n) is 10.1. The average molecular weight is 425 g/mol. The molecular formula is C24H22F3N3O. The smallest absolute Gasteiger partial charge is 0.250 e. The van der Waals surface area contributed by atoms with Crippen molar-refractivity contribution in [1.82, 2.24) is 14.5 Å². The maximum atomic E-state index is 14.7. The minimum Gasteiger partial charge on any atom is -0.332 e. The molecule has 1 fully saturated rings. The molecule has 0 radical (unpaired) electrons. The van der Waals surface area contributed by atoms with Gasteiger partial charge in [-0.25, -0.2) is 18.2 Å². The van der Waals surface area contributed by atoms with E-state index in [4.69, 9.17) is 0 Å². The standard InChI is InChI=1S/C24H22F3N3O/c1-15-13-29(14-28-15)23-8-5-17(11-22(23)27)10-18-4-3-9-30(24(18)31)16(2)20-7-6-19(25)12-21(20)26/h5-8,10-14,16H,3-4,9H2,1-2H3/b18-10+/t16-/m0/s1. The zero-order valence-corrected chi connectivity index (χ0v) is 17.3. The second-order valence-electron chi connectivity index (χ2n) is 7.75. The van der Waals surface area contributed by atoms with Crippen molar-refractivity contribution in [2.45, 2.75) is 32.7 Å². The number of carbonyl (C=O) groups is 1. The van der Waals surface area contributed by atoms with Crippen LogP contribution in [0.5, 0.6) is 0 Å². The Bertz CT molecular complexity index is 1170. The van der Waals surface area contributed by atoms with Gasteiger partial charge >= 0.3 is 0 Å². The molecule has 0 N–H and O–H groups in total. The van der Waals surface area contributed by atoms with E-state index in [0.717, 1.165) is 11.8 Å². The van der Waals surface area contributed by atoms with Crippen molar-refractivity contribution in [2.75, 3.05) is 6.54 Å². The van der Waals surface area contributed by atoms with Crippen molar-refractivity contribution >= 4 is 12.0 Å². The van der Waals surface area contributed by atoms with Gasteiger partial charge in [0.05, 0.1) is 23.8 Å². The van der Waals surface area contributed by atoms with Gasteiger partial charge in [0.2, 0.25) is 5.91 Å². The van der Waals surface area contributed by atoms with Gasteiger partial charge in [-0.1, -0.05) is 12.1 Å². The molecule has 1 saturated heterocycles. The minimum atomic E-state index is -0.677. The fraction of sp³-hybridized carbons (Fsp3) is 0.250. The van der Waals surface area contributed by atoms with Crippen molar-refractivity contribution in [1.29, 1.82) is 0 Å². The molecule has 1 aliphatic heterocycles. The Hall–Kier alpha value is -3.35. The van der Waals surface area contributed by atoms with Crippen LogP contribution in [0, 0.1) is 24.4 Å². The number of piperidine rings is 1. The molecule has 0 unspecified atom stereocenters. The average Bonchev–Trinajstić information content (AvgIpc) is 3.15. The minimum absolute atomic E-state index is 0.225. The fourth-order valence-electron chi connectivity index (χ4n) is 3.92. The number of rotatable bonds is 4. The van der Waals surface area contributed by atoms with Crippen molar-refractivity contribution in [3.05, 3.63) is 88.8 Å². The predicted octanol–water partition coefficient (Wildman–Crippen LogP) is 5.37. The molecule has 0 saturated carbocycles. The number of aromatic nitrogens is 2. The fourth-order valence-corrected chi connectivity index (χ4v) is 3.92. The first-order valence-corrected chi connectivity index (χ1v) is 10.1. The molecule has 0 aliphatic carbocycles. The number of imidazole rings is 1. The molecule has 0 bridgehead atoms. The van der Waals surface area contributed by atoms with Crippen LogP contribution < -0.4 is 0 Å². The number of likely N-dealkylation sites (tertiary alicyclic amines) is 1. The van der Waals surface area contributed by atoms with Gasteiger partial charge in [-0.15, -0.1) is 0 Å². The predicted molar refractivity (Wildman–Crippen MR) is 112 cm³/mol. The van der Waals surface area contributed by atoms with E-state index in [2.05, 4.69) is 4.98 Å². The van der Waals surface area contributed by atoms with E-state index in [9.17, 15) is 18.0 Å². The quantitative estimate of drug-likeness (QED) is 0.528. The highest BCUT2D eigenvalue weighted by molar-refractivity contribution is 5.98. The molecule has 2 heterocycles. The molecule has 2 aromatic carbocycles. The summed E-state index contributed by atoms with van der Waals surface area (Å²) in [6.45, 7) is 4.02. The normalized spacial score (nSPS) is 16.7. The Morgan fingerprint density at radius 2 is 1.90 bits per heavy atom. The van der Waals surface area contributed by atoms with Crippen LogP contribution in [0.4, 0.5) is 13.2 Å². The van der Waals surface area contributed by atoms with E-state index in [1.54, 1.807) is 47.1 Å². The Balaban J connectivity index is 1.58. The Morgan fingerprint density at radius 1 is 1.10 bits per heavy atom. The molecule has 0 spiro atoms. The van der Waals surface area contributed by atoms with Crippen molar-refractivity contribution in [3.63, 3.8) is 0 Å². The maximum Gasteiger partial charge on any atom is 0.250 e. The van der Waals surface area contributed by atoms with E-state index < -0.39 is 23.5 Å². The van der Waals surface area contributed by atoms with Crippen LogP contribution in [0.25, 0.3) is 11.8 Å². The van der Waals surface area contributed by atoms with Crippen LogP contribution in [0.3, 0.4) is 0 Å². The second-order valence-corrected chi connectivity index (χ2v) is 7.75. The molecule has 31 heavy (non-hydrogen) atoms. The number of nitrogens with zero attached hydrogens (tertiary/aromatic N) is 3. The number of hydrogen-bond acceptors (Lipinski definition) is 2. The summed E-state index contributed by atoms with van der Waals surface area (Å²) in [5.41, 5.74) is 2.53. The number of amides is 1. The molecule has 1 aliphatic rings. The van der Waals surface area contributed by atoms with E-state index in [1.807, 2.05) is 6.92 Å². The molecule has 4 nitrogen and oxygen atoms in total. The summed E-state index contributed by atoms with van der Waals surface area (Å²) in [5.74, 6) is -1.98. The summed E-state index contributed by atoms with van der Waals surface area (Å²) in [7, 11) is 0. The summed E-state index contributed by atoms with van der Waals surface area (Å²) in [4.78, 5) is 18.7. The molecule has 1 amide bonds. The van der Waals surface area contributed by atoms with E-state index in [-0.39, 0.29) is 11.5 Å². The zero-order chi connectivity index (χ0) is 22.1. The van der Waals surface area contributed by atoms with Crippen LogP contribution in [-0.2, 0) is 4.79 Å². The zero-order valence-electron chi connectivity index (χ0n) is 17.3. The summed E-state index contributed by atoms with van der Waals surface area (Å²) in [5, 5.41) is 0. The van der Waals surface area contributed by atoms with Gasteiger partial charge in [0.1, 0.15) is 17.5 Å². The van der Waals surface area contributed by atoms with Crippen molar-refractivity contribution < 1.29 is 18.0 Å². The van der Waals surface area contributed by atoms with E-state index in [1.165, 1.54) is 18.2 Å². The maximum absolute atomic E-state index is 14.7. The van der Waals surface area contributed by atoms with Crippen molar-refractivity contribution in [3.8, 4) is 5.69 Å². The van der Waals surface area contributed by atoms with Crippen LogP contribution in [0.2, 0.25) is 0 Å². The van der Waals surface area contributed by atoms with Crippen molar-refractivity contribution in [2.24, 2.45) is 0 Å². The monoisotopic (exact) mass is 425 g/mol. The Morgan fingerprint density at radius 3 is 2.58 bits per heavy atom. The summed E-state index contributed by atoms with van der Waals surface area (Å²) in [6, 6.07) is 7.61. The van der Waals surface area contributed by atoms with Gasteiger partial charge in [0.15, 0.2) is 0 Å². The van der Waals surface area contributed by atoms with Crippen LogP contribution >= 0.6 is 0 Å².